The van der Waals surface area contributed by atoms with Crippen LogP contribution in [0.2, 0.25) is 0 Å². The van der Waals surface area contributed by atoms with E-state index in [1.807, 2.05) is 0 Å². The van der Waals surface area contributed by atoms with Crippen molar-refractivity contribution in [1.29, 1.82) is 0 Å². The number of hydrogen-bond donors (Lipinski definition) is 3. The maximum Gasteiger partial charge on any atom is 0.336 e. The predicted octanol–water partition coefficient (Wildman–Crippen LogP) is 3.26. The normalized spacial score (nSPS) is 11.4. The lowest BCUT2D eigenvalue weighted by atomic mass is 9.90. The third kappa shape index (κ3) is 4.78. The van der Waals surface area contributed by atoms with Crippen LogP contribution in [-0.2, 0) is 9.84 Å². The van der Waals surface area contributed by atoms with Crippen LogP contribution in [0.25, 0.3) is 33.4 Å². The zero-order chi connectivity index (χ0) is 25.3. The lowest BCUT2D eigenvalue weighted by Gasteiger charge is -2.17. The number of aromatic carboxylic acids is 1. The molecule has 178 valence electrons. The van der Waals surface area contributed by atoms with Gasteiger partial charge in [-0.3, -0.25) is 9.59 Å². The van der Waals surface area contributed by atoms with Crippen LogP contribution in [0.1, 0.15) is 20.7 Å². The molecular weight excluding hydrogens is 474 g/mol. The maximum atomic E-state index is 12.5. The van der Waals surface area contributed by atoms with Gasteiger partial charge in [-0.2, -0.15) is 0 Å². The van der Waals surface area contributed by atoms with Crippen molar-refractivity contribution >= 4 is 32.7 Å². The lowest BCUT2D eigenvalue weighted by molar-refractivity contribution is 0.0697. The molecular formula is C25H19NO8S. The van der Waals surface area contributed by atoms with Crippen LogP contribution in [0, 0.1) is 0 Å². The molecule has 0 unspecified atom stereocenters. The van der Waals surface area contributed by atoms with E-state index in [0.717, 1.165) is 5.41 Å². The van der Waals surface area contributed by atoms with Gasteiger partial charge in [0.1, 0.15) is 17.1 Å². The second-order valence-electron chi connectivity index (χ2n) is 7.67. The molecule has 2 aromatic carbocycles. The van der Waals surface area contributed by atoms with E-state index in [4.69, 9.17) is 4.42 Å². The Labute approximate surface area is 199 Å². The molecule has 35 heavy (non-hydrogen) atoms. The van der Waals surface area contributed by atoms with E-state index in [-0.39, 0.29) is 51.5 Å². The molecule has 1 aliphatic carbocycles. The molecule has 0 atom stereocenters. The minimum atomic E-state index is -3.50. The number of amides is 1. The van der Waals surface area contributed by atoms with Gasteiger partial charge in [-0.25, -0.2) is 13.2 Å². The van der Waals surface area contributed by atoms with Crippen molar-refractivity contribution in [3.8, 4) is 28.2 Å². The number of carbonyl (C=O) groups excluding carboxylic acids is 1. The number of sulfone groups is 1. The zero-order valence-electron chi connectivity index (χ0n) is 18.1. The van der Waals surface area contributed by atoms with Gasteiger partial charge in [0.2, 0.25) is 0 Å². The summed E-state index contributed by atoms with van der Waals surface area (Å²) in [5.74, 6) is -2.16. The Bertz CT molecular complexity index is 1640. The van der Waals surface area contributed by atoms with E-state index in [9.17, 15) is 33.0 Å². The van der Waals surface area contributed by atoms with E-state index >= 15 is 0 Å². The van der Waals surface area contributed by atoms with Gasteiger partial charge in [0.25, 0.3) is 5.91 Å². The first-order valence-corrected chi connectivity index (χ1v) is 12.0. The molecule has 9 nitrogen and oxygen atoms in total. The van der Waals surface area contributed by atoms with Crippen LogP contribution in [0.5, 0.6) is 5.75 Å². The molecule has 4 rings (SSSR count). The summed E-state index contributed by atoms with van der Waals surface area (Å²) < 4.78 is 28.8. The number of carbonyl (C=O) groups is 2. The van der Waals surface area contributed by atoms with Crippen molar-refractivity contribution < 1.29 is 32.6 Å². The minimum Gasteiger partial charge on any atom is -0.508 e. The highest BCUT2D eigenvalue weighted by atomic mass is 32.2. The molecule has 0 saturated heterocycles. The average molecular weight is 493 g/mol. The molecule has 10 heteroatoms. The second kappa shape index (κ2) is 9.07. The molecule has 1 aliphatic heterocycles. The molecule has 0 radical (unpaired) electrons. The van der Waals surface area contributed by atoms with E-state index in [0.29, 0.717) is 16.5 Å². The summed E-state index contributed by atoms with van der Waals surface area (Å²) in [6, 6.07) is 12.5. The van der Waals surface area contributed by atoms with Gasteiger partial charge in [0.05, 0.1) is 11.3 Å². The van der Waals surface area contributed by atoms with Crippen LogP contribution in [0.3, 0.4) is 0 Å². The predicted molar refractivity (Wildman–Crippen MR) is 129 cm³/mol. The van der Waals surface area contributed by atoms with Crippen LogP contribution >= 0.6 is 0 Å². The van der Waals surface area contributed by atoms with Gasteiger partial charge in [0.15, 0.2) is 15.3 Å². The number of carboxylic acid groups (broad SMARTS) is 1. The standard InChI is InChI=1S/C25H19NO8S/c1-2-35(32,33)10-9-26-24(29)14-3-6-17(20(11-14)25(30)31)23-18-7-4-15(27)12-21(18)34-22-13-16(28)5-8-19(22)23/h2-8,11-13,27H,1,9-10H2,(H,26,29)(H,30,31). The monoisotopic (exact) mass is 493 g/mol. The first-order valence-electron chi connectivity index (χ1n) is 10.3. The van der Waals surface area contributed by atoms with Crippen molar-refractivity contribution in [3.63, 3.8) is 0 Å². The Morgan fingerprint density at radius 1 is 1.03 bits per heavy atom. The Balaban J connectivity index is 1.85. The Morgan fingerprint density at radius 2 is 1.77 bits per heavy atom. The lowest BCUT2D eigenvalue weighted by Crippen LogP contribution is -2.28. The summed E-state index contributed by atoms with van der Waals surface area (Å²) in [6.45, 7) is 3.03. The highest BCUT2D eigenvalue weighted by Gasteiger charge is 2.23. The number of phenols is 1. The molecule has 0 fully saturated rings. The van der Waals surface area contributed by atoms with Crippen molar-refractivity contribution in [2.75, 3.05) is 12.3 Å². The van der Waals surface area contributed by atoms with Gasteiger partial charge in [0, 0.05) is 46.2 Å². The number of fused-ring (bicyclic) bond motifs is 2. The van der Waals surface area contributed by atoms with Gasteiger partial charge in [-0.15, -0.1) is 0 Å². The van der Waals surface area contributed by atoms with Gasteiger partial charge in [-0.05, 0) is 42.0 Å². The van der Waals surface area contributed by atoms with Crippen molar-refractivity contribution in [2.24, 2.45) is 0 Å². The quantitative estimate of drug-likeness (QED) is 0.332. The number of phenolic OH excluding ortho intramolecular Hbond substituents is 1. The third-order valence-corrected chi connectivity index (χ3v) is 6.67. The third-order valence-electron chi connectivity index (χ3n) is 5.38. The minimum absolute atomic E-state index is 0.0240. The van der Waals surface area contributed by atoms with E-state index in [1.54, 1.807) is 6.07 Å². The molecule has 0 saturated carbocycles. The fraction of sp³-hybridized carbons (Fsp3) is 0.0800. The number of benzene rings is 3. The number of aromatic hydroxyl groups is 1. The fourth-order valence-corrected chi connectivity index (χ4v) is 4.28. The second-order valence-corrected chi connectivity index (χ2v) is 9.74. The largest absolute Gasteiger partial charge is 0.508 e. The number of hydrogen-bond acceptors (Lipinski definition) is 7. The summed E-state index contributed by atoms with van der Waals surface area (Å²) in [4.78, 5) is 36.6. The zero-order valence-corrected chi connectivity index (χ0v) is 19.0. The molecule has 0 bridgehead atoms. The smallest absolute Gasteiger partial charge is 0.336 e. The van der Waals surface area contributed by atoms with Crippen LogP contribution in [-0.4, -0.2) is 42.8 Å². The first-order chi connectivity index (χ1) is 16.6. The Hall–Kier alpha value is -4.44. The molecule has 1 heterocycles. The molecule has 2 aromatic rings. The van der Waals surface area contributed by atoms with Crippen molar-refractivity contribution in [3.05, 3.63) is 87.9 Å². The maximum absolute atomic E-state index is 12.5. The molecule has 1 amide bonds. The van der Waals surface area contributed by atoms with E-state index in [1.165, 1.54) is 48.5 Å². The molecule has 0 spiro atoms. The first kappa shape index (κ1) is 23.7. The Morgan fingerprint density at radius 3 is 2.49 bits per heavy atom. The van der Waals surface area contributed by atoms with Crippen molar-refractivity contribution in [2.45, 2.75) is 0 Å². The van der Waals surface area contributed by atoms with E-state index < -0.39 is 21.7 Å². The highest BCUT2D eigenvalue weighted by molar-refractivity contribution is 7.94. The summed E-state index contributed by atoms with van der Waals surface area (Å²) in [5, 5.41) is 23.6. The topological polar surface area (TPSA) is 151 Å². The van der Waals surface area contributed by atoms with Gasteiger partial charge < -0.3 is 19.9 Å². The van der Waals surface area contributed by atoms with Crippen molar-refractivity contribution in [1.82, 2.24) is 5.32 Å². The van der Waals surface area contributed by atoms with Gasteiger partial charge >= 0.3 is 5.97 Å². The Kier molecular flexibility index (Phi) is 6.14. The van der Waals surface area contributed by atoms with Crippen LogP contribution in [0.15, 0.2) is 75.8 Å². The molecule has 0 aromatic heterocycles. The molecule has 2 aliphatic rings. The van der Waals surface area contributed by atoms with Crippen LogP contribution in [0.4, 0.5) is 0 Å². The fourth-order valence-electron chi connectivity index (χ4n) is 3.72. The SMILES string of the molecule is C=CS(=O)(=O)CCNC(=O)c1ccc(-c2c3ccc(=O)cc-3oc3cc(O)ccc23)c(C(=O)O)c1. The number of rotatable bonds is 7. The average Bonchev–Trinajstić information content (AvgIpc) is 2.81. The number of carboxylic acids is 1. The number of nitrogens with one attached hydrogen (secondary N) is 1. The molecule has 3 N–H and O–H groups in total. The summed E-state index contributed by atoms with van der Waals surface area (Å²) in [7, 11) is -3.50. The van der Waals surface area contributed by atoms with E-state index in [2.05, 4.69) is 11.9 Å². The highest BCUT2D eigenvalue weighted by Crippen LogP contribution is 2.42. The summed E-state index contributed by atoms with van der Waals surface area (Å²) in [5.41, 5.74) is 0.939. The summed E-state index contributed by atoms with van der Waals surface area (Å²) in [6.07, 6.45) is 0. The summed E-state index contributed by atoms with van der Waals surface area (Å²) >= 11 is 0. The van der Waals surface area contributed by atoms with Gasteiger partial charge in [-0.1, -0.05) is 12.6 Å². The van der Waals surface area contributed by atoms with Crippen LogP contribution < -0.4 is 10.7 Å².